The van der Waals surface area contributed by atoms with Crippen molar-refractivity contribution in [2.75, 3.05) is 13.1 Å². The Bertz CT molecular complexity index is 324. The molecule has 1 aliphatic heterocycles. The molecule has 2 rings (SSSR count). The fourth-order valence-electron chi connectivity index (χ4n) is 1.96. The van der Waals surface area contributed by atoms with Crippen LogP contribution in [0.4, 0.5) is 0 Å². The van der Waals surface area contributed by atoms with Gasteiger partial charge in [-0.15, -0.1) is 0 Å². The maximum absolute atomic E-state index is 11.6. The quantitative estimate of drug-likeness (QED) is 0.804. The van der Waals surface area contributed by atoms with E-state index in [2.05, 4.69) is 16.4 Å². The molecule has 1 unspecified atom stereocenters. The van der Waals surface area contributed by atoms with Crippen molar-refractivity contribution in [1.82, 2.24) is 10.3 Å². The summed E-state index contributed by atoms with van der Waals surface area (Å²) < 4.78 is 0. The van der Waals surface area contributed by atoms with Crippen molar-refractivity contribution in [3.05, 3.63) is 30.1 Å². The predicted octanol–water partition coefficient (Wildman–Crippen LogP) is 1.19. The second kappa shape index (κ2) is 5.03. The van der Waals surface area contributed by atoms with Crippen LogP contribution in [0, 0.1) is 5.92 Å². The zero-order valence-electron chi connectivity index (χ0n) is 8.78. The first kappa shape index (κ1) is 10.3. The lowest BCUT2D eigenvalue weighted by atomic mass is 9.92. The average Bonchev–Trinajstić information content (AvgIpc) is 2.29. The zero-order valence-corrected chi connectivity index (χ0v) is 8.78. The Morgan fingerprint density at radius 1 is 1.53 bits per heavy atom. The minimum Gasteiger partial charge on any atom is -0.316 e. The van der Waals surface area contributed by atoms with Gasteiger partial charge in [-0.1, -0.05) is 6.07 Å². The van der Waals surface area contributed by atoms with Gasteiger partial charge in [0.05, 0.1) is 0 Å². The summed E-state index contributed by atoms with van der Waals surface area (Å²) in [5.74, 6) is 0.622. The lowest BCUT2D eigenvalue weighted by Crippen LogP contribution is -2.37. The van der Waals surface area contributed by atoms with Crippen molar-refractivity contribution in [1.29, 1.82) is 0 Å². The molecule has 0 amide bonds. The molecule has 0 aromatic carbocycles. The van der Waals surface area contributed by atoms with Crippen LogP contribution in [0.3, 0.4) is 0 Å². The normalized spacial score (nSPS) is 21.6. The highest BCUT2D eigenvalue weighted by molar-refractivity contribution is 5.82. The maximum atomic E-state index is 11.6. The number of ketones is 1. The zero-order chi connectivity index (χ0) is 10.5. The first-order valence-electron chi connectivity index (χ1n) is 5.48. The van der Waals surface area contributed by atoms with Crippen LogP contribution in [0.25, 0.3) is 0 Å². The summed E-state index contributed by atoms with van der Waals surface area (Å²) in [5, 5.41) is 3.27. The van der Waals surface area contributed by atoms with Crippen LogP contribution < -0.4 is 5.32 Å². The van der Waals surface area contributed by atoms with E-state index in [0.29, 0.717) is 12.2 Å². The van der Waals surface area contributed by atoms with E-state index in [1.165, 1.54) is 5.56 Å². The molecule has 1 atom stereocenters. The van der Waals surface area contributed by atoms with Gasteiger partial charge in [0.15, 0.2) is 0 Å². The van der Waals surface area contributed by atoms with Gasteiger partial charge in [0, 0.05) is 37.8 Å². The fraction of sp³-hybridized carbons (Fsp3) is 0.500. The predicted molar refractivity (Wildman–Crippen MR) is 58.5 cm³/mol. The van der Waals surface area contributed by atoms with Crippen molar-refractivity contribution in [2.45, 2.75) is 19.3 Å². The van der Waals surface area contributed by atoms with E-state index >= 15 is 0 Å². The highest BCUT2D eigenvalue weighted by atomic mass is 16.1. The molecule has 1 aromatic rings. The van der Waals surface area contributed by atoms with E-state index in [1.54, 1.807) is 6.20 Å². The summed E-state index contributed by atoms with van der Waals surface area (Å²) >= 11 is 0. The Morgan fingerprint density at radius 3 is 3.20 bits per heavy atom. The molecule has 0 radical (unpaired) electrons. The van der Waals surface area contributed by atoms with Gasteiger partial charge in [0.1, 0.15) is 5.78 Å². The molecule has 0 bridgehead atoms. The summed E-state index contributed by atoms with van der Waals surface area (Å²) in [6, 6.07) is 4.00. The Morgan fingerprint density at radius 2 is 2.47 bits per heavy atom. The van der Waals surface area contributed by atoms with Crippen LogP contribution in [0.2, 0.25) is 0 Å². The molecule has 1 saturated heterocycles. The number of hydrogen-bond donors (Lipinski definition) is 1. The molecule has 0 aliphatic carbocycles. The van der Waals surface area contributed by atoms with E-state index < -0.39 is 0 Å². The summed E-state index contributed by atoms with van der Waals surface area (Å²) in [6.45, 7) is 1.70. The van der Waals surface area contributed by atoms with Gasteiger partial charge >= 0.3 is 0 Å². The van der Waals surface area contributed by atoms with Gasteiger partial charge < -0.3 is 5.32 Å². The molecule has 1 aromatic heterocycles. The third-order valence-electron chi connectivity index (χ3n) is 2.90. The Labute approximate surface area is 89.9 Å². The monoisotopic (exact) mass is 204 g/mol. The van der Waals surface area contributed by atoms with Crippen LogP contribution in [-0.2, 0) is 11.2 Å². The number of carbonyl (C=O) groups is 1. The summed E-state index contributed by atoms with van der Waals surface area (Å²) in [7, 11) is 0. The number of rotatable bonds is 3. The number of aryl methyl sites for hydroxylation is 1. The van der Waals surface area contributed by atoms with Gasteiger partial charge in [-0.25, -0.2) is 0 Å². The largest absolute Gasteiger partial charge is 0.316 e. The van der Waals surface area contributed by atoms with Crippen LogP contribution in [-0.4, -0.2) is 23.9 Å². The molecule has 3 heteroatoms. The number of pyridine rings is 1. The fourth-order valence-corrected chi connectivity index (χ4v) is 1.96. The number of piperidine rings is 1. The first-order valence-corrected chi connectivity index (χ1v) is 5.48. The van der Waals surface area contributed by atoms with Crippen LogP contribution in [0.1, 0.15) is 18.4 Å². The minimum absolute atomic E-state index is 0.207. The van der Waals surface area contributed by atoms with Crippen LogP contribution >= 0.6 is 0 Å². The second-order valence-corrected chi connectivity index (χ2v) is 4.02. The van der Waals surface area contributed by atoms with Gasteiger partial charge in [-0.3, -0.25) is 9.78 Å². The molecule has 80 valence electrons. The van der Waals surface area contributed by atoms with E-state index in [4.69, 9.17) is 0 Å². The highest BCUT2D eigenvalue weighted by Crippen LogP contribution is 2.13. The SMILES string of the molecule is O=C1CCNCC1CCc1cccnc1. The molecule has 2 heterocycles. The third-order valence-corrected chi connectivity index (χ3v) is 2.90. The number of Topliss-reactive ketones (excluding diaryl/α,β-unsaturated/α-hetero) is 1. The lowest BCUT2D eigenvalue weighted by Gasteiger charge is -2.21. The summed E-state index contributed by atoms with van der Waals surface area (Å²) in [4.78, 5) is 15.6. The van der Waals surface area contributed by atoms with Crippen molar-refractivity contribution < 1.29 is 4.79 Å². The van der Waals surface area contributed by atoms with Crippen LogP contribution in [0.5, 0.6) is 0 Å². The minimum atomic E-state index is 0.207. The van der Waals surface area contributed by atoms with Crippen molar-refractivity contribution in [3.8, 4) is 0 Å². The molecule has 1 N–H and O–H groups in total. The maximum Gasteiger partial charge on any atom is 0.138 e. The van der Waals surface area contributed by atoms with Gasteiger partial charge in [0.25, 0.3) is 0 Å². The third kappa shape index (κ3) is 2.86. The Balaban J connectivity index is 1.85. The van der Waals surface area contributed by atoms with E-state index in [-0.39, 0.29) is 5.92 Å². The highest BCUT2D eigenvalue weighted by Gasteiger charge is 2.21. The summed E-state index contributed by atoms with van der Waals surface area (Å²) in [5.41, 5.74) is 1.22. The summed E-state index contributed by atoms with van der Waals surface area (Å²) in [6.07, 6.45) is 6.23. The average molecular weight is 204 g/mol. The molecular weight excluding hydrogens is 188 g/mol. The number of hydrogen-bond acceptors (Lipinski definition) is 3. The van der Waals surface area contributed by atoms with Crippen molar-refractivity contribution >= 4 is 5.78 Å². The molecule has 0 saturated carbocycles. The van der Waals surface area contributed by atoms with Crippen LogP contribution in [0.15, 0.2) is 24.5 Å². The van der Waals surface area contributed by atoms with Gasteiger partial charge in [0.2, 0.25) is 0 Å². The number of carbonyl (C=O) groups excluding carboxylic acids is 1. The number of nitrogens with zero attached hydrogens (tertiary/aromatic N) is 1. The van der Waals surface area contributed by atoms with Gasteiger partial charge in [-0.05, 0) is 24.5 Å². The first-order chi connectivity index (χ1) is 7.36. The lowest BCUT2D eigenvalue weighted by molar-refractivity contribution is -0.124. The smallest absolute Gasteiger partial charge is 0.138 e. The second-order valence-electron chi connectivity index (χ2n) is 4.02. The number of nitrogens with one attached hydrogen (secondary N) is 1. The molecule has 1 aliphatic rings. The number of aromatic nitrogens is 1. The van der Waals surface area contributed by atoms with Crippen molar-refractivity contribution in [3.63, 3.8) is 0 Å². The topological polar surface area (TPSA) is 42.0 Å². The molecule has 15 heavy (non-hydrogen) atoms. The van der Waals surface area contributed by atoms with E-state index in [1.807, 2.05) is 12.3 Å². The van der Waals surface area contributed by atoms with E-state index in [0.717, 1.165) is 25.9 Å². The van der Waals surface area contributed by atoms with Gasteiger partial charge in [-0.2, -0.15) is 0 Å². The molecular formula is C12H16N2O. The standard InChI is InChI=1S/C12H16N2O/c15-12-5-7-14-9-11(12)4-3-10-2-1-6-13-8-10/h1-2,6,8,11,14H,3-5,7,9H2. The molecule has 0 spiro atoms. The molecule has 1 fully saturated rings. The Kier molecular flexibility index (Phi) is 3.45. The molecule has 3 nitrogen and oxygen atoms in total. The van der Waals surface area contributed by atoms with E-state index in [9.17, 15) is 4.79 Å². The Hall–Kier alpha value is -1.22. The van der Waals surface area contributed by atoms with Crippen molar-refractivity contribution in [2.24, 2.45) is 5.92 Å².